The molecule has 2 aromatic carbocycles. The molecule has 0 spiro atoms. The second-order valence-electron chi connectivity index (χ2n) is 5.44. The number of phenolic OH excluding ortho intramolecular Hbond substituents is 1. The highest BCUT2D eigenvalue weighted by Gasteiger charge is 2.15. The van der Waals surface area contributed by atoms with E-state index in [-0.39, 0.29) is 24.1 Å². The maximum Gasteiger partial charge on any atom is 0.224 e. The van der Waals surface area contributed by atoms with Crippen LogP contribution in [-0.4, -0.2) is 22.2 Å². The van der Waals surface area contributed by atoms with Crippen LogP contribution in [0.4, 0.5) is 0 Å². The number of aliphatic hydroxyl groups is 1. The van der Waals surface area contributed by atoms with Crippen molar-refractivity contribution in [3.63, 3.8) is 0 Å². The van der Waals surface area contributed by atoms with Gasteiger partial charge in [0.1, 0.15) is 5.75 Å². The van der Waals surface area contributed by atoms with Crippen molar-refractivity contribution in [2.24, 2.45) is 0 Å². The van der Waals surface area contributed by atoms with Gasteiger partial charge >= 0.3 is 0 Å². The molecule has 0 aliphatic carbocycles. The fourth-order valence-corrected chi connectivity index (χ4v) is 2.36. The first-order chi connectivity index (χ1) is 10.6. The van der Waals surface area contributed by atoms with Crippen molar-refractivity contribution in [1.29, 1.82) is 0 Å². The fourth-order valence-electron chi connectivity index (χ4n) is 2.36. The molecule has 2 aromatic rings. The molecule has 2 rings (SSSR count). The lowest BCUT2D eigenvalue weighted by molar-refractivity contribution is -0.121. The predicted octanol–water partition coefficient (Wildman–Crippen LogP) is 2.56. The largest absolute Gasteiger partial charge is 0.508 e. The molecule has 0 fully saturated rings. The number of hydrogen-bond acceptors (Lipinski definition) is 3. The first-order valence-corrected chi connectivity index (χ1v) is 7.35. The molecule has 2 atom stereocenters. The van der Waals surface area contributed by atoms with Crippen LogP contribution < -0.4 is 5.32 Å². The molecule has 0 bridgehead atoms. The molecule has 0 aliphatic rings. The van der Waals surface area contributed by atoms with Crippen molar-refractivity contribution in [2.45, 2.75) is 31.9 Å². The average molecular weight is 299 g/mol. The monoisotopic (exact) mass is 299 g/mol. The van der Waals surface area contributed by atoms with Gasteiger partial charge in [-0.1, -0.05) is 48.5 Å². The van der Waals surface area contributed by atoms with E-state index in [4.69, 9.17) is 0 Å². The maximum absolute atomic E-state index is 12.0. The van der Waals surface area contributed by atoms with Crippen molar-refractivity contribution >= 4 is 5.91 Å². The molecule has 4 nitrogen and oxygen atoms in total. The van der Waals surface area contributed by atoms with Crippen LogP contribution in [0, 0.1) is 0 Å². The molecular weight excluding hydrogens is 278 g/mol. The Morgan fingerprint density at radius 2 is 1.73 bits per heavy atom. The summed E-state index contributed by atoms with van der Waals surface area (Å²) >= 11 is 0. The van der Waals surface area contributed by atoms with Gasteiger partial charge in [0.2, 0.25) is 5.91 Å². The third-order valence-electron chi connectivity index (χ3n) is 3.51. The molecule has 0 saturated heterocycles. The van der Waals surface area contributed by atoms with Gasteiger partial charge in [-0.15, -0.1) is 0 Å². The van der Waals surface area contributed by atoms with Crippen molar-refractivity contribution in [3.05, 3.63) is 65.7 Å². The van der Waals surface area contributed by atoms with Gasteiger partial charge in [0.05, 0.1) is 12.5 Å². The van der Waals surface area contributed by atoms with Crippen molar-refractivity contribution in [3.8, 4) is 5.75 Å². The highest BCUT2D eigenvalue weighted by Crippen LogP contribution is 2.18. The number of hydrogen-bond donors (Lipinski definition) is 3. The summed E-state index contributed by atoms with van der Waals surface area (Å²) in [6.45, 7) is 1.86. The number of benzene rings is 2. The van der Waals surface area contributed by atoms with E-state index in [0.29, 0.717) is 12.0 Å². The fraction of sp³-hybridized carbons (Fsp3) is 0.278. The van der Waals surface area contributed by atoms with E-state index in [9.17, 15) is 15.0 Å². The van der Waals surface area contributed by atoms with Crippen LogP contribution in [0.3, 0.4) is 0 Å². The summed E-state index contributed by atoms with van der Waals surface area (Å²) in [6.07, 6.45) is -0.0451. The van der Waals surface area contributed by atoms with Crippen LogP contribution in [0.15, 0.2) is 54.6 Å². The lowest BCUT2D eigenvalue weighted by Gasteiger charge is -2.18. The Morgan fingerprint density at radius 1 is 1.09 bits per heavy atom. The molecule has 0 radical (unpaired) electrons. The minimum atomic E-state index is -0.610. The SMILES string of the molecule is CC(CC(O)c1ccccc1)NC(=O)Cc1ccccc1O. The highest BCUT2D eigenvalue weighted by atomic mass is 16.3. The van der Waals surface area contributed by atoms with Gasteiger partial charge in [-0.05, 0) is 25.0 Å². The van der Waals surface area contributed by atoms with Gasteiger partial charge in [-0.25, -0.2) is 0 Å². The summed E-state index contributed by atoms with van der Waals surface area (Å²) in [6, 6.07) is 16.0. The third-order valence-corrected chi connectivity index (χ3v) is 3.51. The number of amides is 1. The average Bonchev–Trinajstić information content (AvgIpc) is 2.50. The Bertz CT molecular complexity index is 613. The van der Waals surface area contributed by atoms with E-state index in [1.807, 2.05) is 37.3 Å². The normalized spacial score (nSPS) is 13.4. The Balaban J connectivity index is 1.85. The Labute approximate surface area is 130 Å². The van der Waals surface area contributed by atoms with Crippen LogP contribution in [0.5, 0.6) is 5.75 Å². The van der Waals surface area contributed by atoms with Crippen LogP contribution in [-0.2, 0) is 11.2 Å². The molecule has 0 heterocycles. The van der Waals surface area contributed by atoms with Crippen LogP contribution in [0.2, 0.25) is 0 Å². The predicted molar refractivity (Wildman–Crippen MR) is 85.4 cm³/mol. The first-order valence-electron chi connectivity index (χ1n) is 7.35. The number of carbonyl (C=O) groups excluding carboxylic acids is 1. The van der Waals surface area contributed by atoms with E-state index in [1.165, 1.54) is 0 Å². The first kappa shape index (κ1) is 16.0. The van der Waals surface area contributed by atoms with E-state index >= 15 is 0 Å². The quantitative estimate of drug-likeness (QED) is 0.768. The van der Waals surface area contributed by atoms with Crippen LogP contribution in [0.25, 0.3) is 0 Å². The smallest absolute Gasteiger partial charge is 0.224 e. The van der Waals surface area contributed by atoms with E-state index in [2.05, 4.69) is 5.32 Å². The van der Waals surface area contributed by atoms with Crippen molar-refractivity contribution in [2.75, 3.05) is 0 Å². The van der Waals surface area contributed by atoms with Crippen LogP contribution >= 0.6 is 0 Å². The molecule has 1 amide bonds. The van der Waals surface area contributed by atoms with Gasteiger partial charge in [0, 0.05) is 11.6 Å². The second kappa shape index (κ2) is 7.61. The lowest BCUT2D eigenvalue weighted by atomic mass is 10.0. The topological polar surface area (TPSA) is 69.6 Å². The van der Waals surface area contributed by atoms with E-state index in [0.717, 1.165) is 5.56 Å². The third kappa shape index (κ3) is 4.60. The zero-order valence-electron chi connectivity index (χ0n) is 12.6. The highest BCUT2D eigenvalue weighted by molar-refractivity contribution is 5.79. The zero-order valence-corrected chi connectivity index (χ0v) is 12.6. The maximum atomic E-state index is 12.0. The molecule has 22 heavy (non-hydrogen) atoms. The summed E-state index contributed by atoms with van der Waals surface area (Å²) in [5, 5.41) is 22.7. The number of rotatable bonds is 6. The minimum Gasteiger partial charge on any atom is -0.508 e. The Kier molecular flexibility index (Phi) is 5.55. The summed E-state index contributed by atoms with van der Waals surface area (Å²) in [4.78, 5) is 12.0. The molecule has 4 heteroatoms. The van der Waals surface area contributed by atoms with E-state index in [1.54, 1.807) is 24.3 Å². The molecule has 0 saturated carbocycles. The van der Waals surface area contributed by atoms with Crippen molar-refractivity contribution in [1.82, 2.24) is 5.32 Å². The summed E-state index contributed by atoms with van der Waals surface area (Å²) in [5.74, 6) is -0.0520. The lowest BCUT2D eigenvalue weighted by Crippen LogP contribution is -2.34. The molecular formula is C18H21NO3. The van der Waals surface area contributed by atoms with Gasteiger partial charge in [0.15, 0.2) is 0 Å². The van der Waals surface area contributed by atoms with Crippen LogP contribution in [0.1, 0.15) is 30.6 Å². The number of aromatic hydroxyl groups is 1. The van der Waals surface area contributed by atoms with Gasteiger partial charge in [-0.2, -0.15) is 0 Å². The summed E-state index contributed by atoms with van der Waals surface area (Å²) < 4.78 is 0. The summed E-state index contributed by atoms with van der Waals surface area (Å²) in [5.41, 5.74) is 1.43. The minimum absolute atomic E-state index is 0.120. The van der Waals surface area contributed by atoms with Gasteiger partial charge in [0.25, 0.3) is 0 Å². The number of phenols is 1. The molecule has 3 N–H and O–H groups in total. The standard InChI is InChI=1S/C18H21NO3/c1-13(11-17(21)14-7-3-2-4-8-14)19-18(22)12-15-9-5-6-10-16(15)20/h2-10,13,17,20-21H,11-12H2,1H3,(H,19,22). The van der Waals surface area contributed by atoms with Gasteiger partial charge in [-0.3, -0.25) is 4.79 Å². The van der Waals surface area contributed by atoms with E-state index < -0.39 is 6.10 Å². The number of aliphatic hydroxyl groups excluding tert-OH is 1. The van der Waals surface area contributed by atoms with Crippen molar-refractivity contribution < 1.29 is 15.0 Å². The molecule has 2 unspecified atom stereocenters. The molecule has 0 aliphatic heterocycles. The Hall–Kier alpha value is -2.33. The Morgan fingerprint density at radius 3 is 2.41 bits per heavy atom. The number of carbonyl (C=O) groups is 1. The zero-order chi connectivity index (χ0) is 15.9. The van der Waals surface area contributed by atoms with Gasteiger partial charge < -0.3 is 15.5 Å². The molecule has 116 valence electrons. The number of nitrogens with one attached hydrogen (secondary N) is 1. The summed E-state index contributed by atoms with van der Waals surface area (Å²) in [7, 11) is 0. The molecule has 0 aromatic heterocycles. The number of para-hydroxylation sites is 1. The second-order valence-corrected chi connectivity index (χ2v) is 5.44.